The highest BCUT2D eigenvalue weighted by molar-refractivity contribution is 6.48. The lowest BCUT2D eigenvalue weighted by molar-refractivity contribution is 0.647. The Morgan fingerprint density at radius 2 is 1.86 bits per heavy atom. The Balaban J connectivity index is 2.78. The molecule has 1 heteroatoms. The van der Waals surface area contributed by atoms with Crippen LogP contribution in [0.3, 0.4) is 0 Å². The molecule has 1 aromatic rings. The molecular weight excluding hydrogens is 192 g/mol. The summed E-state index contributed by atoms with van der Waals surface area (Å²) in [5.74, 6) is 0.707. The average molecular weight is 209 g/mol. The number of hydrogen-bond donors (Lipinski definition) is 0. The second-order valence-electron chi connectivity index (χ2n) is 3.93. The maximum Gasteiger partial charge on any atom is 0.0435 e. The van der Waals surface area contributed by atoms with Crippen LogP contribution in [0.5, 0.6) is 0 Å². The van der Waals surface area contributed by atoms with Crippen LogP contribution in [0.4, 0.5) is 0 Å². The van der Waals surface area contributed by atoms with E-state index in [9.17, 15) is 0 Å². The monoisotopic (exact) mass is 208 g/mol. The molecule has 0 aromatic heterocycles. The van der Waals surface area contributed by atoms with Gasteiger partial charge in [0.05, 0.1) is 0 Å². The smallest absolute Gasteiger partial charge is 0.0435 e. The number of benzene rings is 1. The standard InChI is InChI=1S/C13H17Cl/c1-4-13(14)12-7-5-11(6-8-12)9-10(2)3/h4-8,10H,9H2,1-3H3. The SMILES string of the molecule is CC=C(Cl)c1ccc(CC(C)C)cc1. The zero-order valence-electron chi connectivity index (χ0n) is 9.05. The molecule has 0 aliphatic heterocycles. The Bertz CT molecular complexity index is 307. The molecule has 0 aliphatic rings. The first-order valence-electron chi connectivity index (χ1n) is 5.04. The van der Waals surface area contributed by atoms with Gasteiger partial charge in [0.1, 0.15) is 0 Å². The second-order valence-corrected chi connectivity index (χ2v) is 4.34. The number of halogens is 1. The fraction of sp³-hybridized carbons (Fsp3) is 0.385. The van der Waals surface area contributed by atoms with Gasteiger partial charge in [-0.3, -0.25) is 0 Å². The first-order valence-corrected chi connectivity index (χ1v) is 5.42. The minimum Gasteiger partial charge on any atom is -0.0840 e. The van der Waals surface area contributed by atoms with E-state index in [0.29, 0.717) is 5.92 Å². The van der Waals surface area contributed by atoms with Crippen LogP contribution >= 0.6 is 11.6 Å². The molecular formula is C13H17Cl. The predicted molar refractivity (Wildman–Crippen MR) is 64.5 cm³/mol. The topological polar surface area (TPSA) is 0 Å². The fourth-order valence-corrected chi connectivity index (χ4v) is 1.56. The highest BCUT2D eigenvalue weighted by atomic mass is 35.5. The lowest BCUT2D eigenvalue weighted by Crippen LogP contribution is -1.93. The lowest BCUT2D eigenvalue weighted by Gasteiger charge is -2.05. The fourth-order valence-electron chi connectivity index (χ4n) is 1.44. The Morgan fingerprint density at radius 3 is 2.29 bits per heavy atom. The molecule has 0 N–H and O–H groups in total. The molecule has 1 aromatic carbocycles. The predicted octanol–water partition coefficient (Wildman–Crippen LogP) is 4.48. The van der Waals surface area contributed by atoms with Crippen molar-refractivity contribution in [2.45, 2.75) is 27.2 Å². The van der Waals surface area contributed by atoms with Crippen molar-refractivity contribution < 1.29 is 0 Å². The Hall–Kier alpha value is -0.750. The Morgan fingerprint density at radius 1 is 1.29 bits per heavy atom. The van der Waals surface area contributed by atoms with E-state index >= 15 is 0 Å². The normalized spacial score (nSPS) is 12.2. The summed E-state index contributed by atoms with van der Waals surface area (Å²) in [5.41, 5.74) is 2.48. The van der Waals surface area contributed by atoms with E-state index in [1.54, 1.807) is 0 Å². The van der Waals surface area contributed by atoms with E-state index in [-0.39, 0.29) is 0 Å². The van der Waals surface area contributed by atoms with Crippen LogP contribution in [0.2, 0.25) is 0 Å². The third-order valence-electron chi connectivity index (χ3n) is 2.13. The van der Waals surface area contributed by atoms with Crippen molar-refractivity contribution in [3.05, 3.63) is 41.5 Å². The minimum absolute atomic E-state index is 0.707. The molecule has 0 saturated heterocycles. The van der Waals surface area contributed by atoms with E-state index in [4.69, 9.17) is 11.6 Å². The van der Waals surface area contributed by atoms with E-state index in [1.807, 2.05) is 13.0 Å². The highest BCUT2D eigenvalue weighted by Crippen LogP contribution is 2.19. The average Bonchev–Trinajstić information content (AvgIpc) is 2.17. The molecule has 0 unspecified atom stereocenters. The van der Waals surface area contributed by atoms with Gasteiger partial charge in [0.2, 0.25) is 0 Å². The van der Waals surface area contributed by atoms with Crippen LogP contribution in [0.15, 0.2) is 30.3 Å². The molecule has 1 rings (SSSR count). The molecule has 0 nitrogen and oxygen atoms in total. The molecule has 0 radical (unpaired) electrons. The van der Waals surface area contributed by atoms with Crippen molar-refractivity contribution in [1.82, 2.24) is 0 Å². The van der Waals surface area contributed by atoms with Crippen LogP contribution in [0.25, 0.3) is 5.03 Å². The first-order chi connectivity index (χ1) is 6.63. The van der Waals surface area contributed by atoms with Crippen molar-refractivity contribution in [2.24, 2.45) is 5.92 Å². The van der Waals surface area contributed by atoms with Crippen LogP contribution in [0, 0.1) is 5.92 Å². The largest absolute Gasteiger partial charge is 0.0840 e. The van der Waals surface area contributed by atoms with Gasteiger partial charge >= 0.3 is 0 Å². The Kier molecular flexibility index (Phi) is 4.21. The summed E-state index contributed by atoms with van der Waals surface area (Å²) in [6, 6.07) is 8.47. The van der Waals surface area contributed by atoms with Gasteiger partial charge < -0.3 is 0 Å². The van der Waals surface area contributed by atoms with Crippen molar-refractivity contribution in [2.75, 3.05) is 0 Å². The molecule has 0 saturated carbocycles. The van der Waals surface area contributed by atoms with Crippen molar-refractivity contribution in [3.63, 3.8) is 0 Å². The summed E-state index contributed by atoms with van der Waals surface area (Å²) in [6.07, 6.45) is 3.05. The van der Waals surface area contributed by atoms with E-state index in [1.165, 1.54) is 5.56 Å². The van der Waals surface area contributed by atoms with Gasteiger partial charge in [-0.15, -0.1) is 0 Å². The third-order valence-corrected chi connectivity index (χ3v) is 2.56. The van der Waals surface area contributed by atoms with Crippen LogP contribution in [0.1, 0.15) is 31.9 Å². The summed E-state index contributed by atoms with van der Waals surface area (Å²) >= 11 is 6.01. The first kappa shape index (κ1) is 11.3. The second kappa shape index (κ2) is 5.21. The third kappa shape index (κ3) is 3.19. The molecule has 0 bridgehead atoms. The molecule has 0 heterocycles. The van der Waals surface area contributed by atoms with Gasteiger partial charge in [-0.25, -0.2) is 0 Å². The quantitative estimate of drug-likeness (QED) is 0.687. The molecule has 0 spiro atoms. The lowest BCUT2D eigenvalue weighted by atomic mass is 10.0. The van der Waals surface area contributed by atoms with Gasteiger partial charge in [0.25, 0.3) is 0 Å². The van der Waals surface area contributed by atoms with E-state index in [2.05, 4.69) is 38.1 Å². The summed E-state index contributed by atoms with van der Waals surface area (Å²) in [6.45, 7) is 6.41. The summed E-state index contributed by atoms with van der Waals surface area (Å²) < 4.78 is 0. The zero-order chi connectivity index (χ0) is 10.6. The van der Waals surface area contributed by atoms with Gasteiger partial charge in [-0.05, 0) is 30.4 Å². The zero-order valence-corrected chi connectivity index (χ0v) is 9.81. The van der Waals surface area contributed by atoms with Crippen LogP contribution in [-0.2, 0) is 6.42 Å². The molecule has 76 valence electrons. The highest BCUT2D eigenvalue weighted by Gasteiger charge is 1.99. The number of hydrogen-bond acceptors (Lipinski definition) is 0. The van der Waals surface area contributed by atoms with E-state index in [0.717, 1.165) is 17.0 Å². The van der Waals surface area contributed by atoms with Gasteiger partial charge in [0.15, 0.2) is 0 Å². The van der Waals surface area contributed by atoms with Gasteiger partial charge in [-0.2, -0.15) is 0 Å². The molecule has 0 amide bonds. The van der Waals surface area contributed by atoms with Crippen LogP contribution < -0.4 is 0 Å². The minimum atomic E-state index is 0.707. The summed E-state index contributed by atoms with van der Waals surface area (Å²) in [7, 11) is 0. The van der Waals surface area contributed by atoms with Gasteiger partial charge in [-0.1, -0.05) is 55.8 Å². The van der Waals surface area contributed by atoms with E-state index < -0.39 is 0 Å². The van der Waals surface area contributed by atoms with Crippen molar-refractivity contribution in [3.8, 4) is 0 Å². The van der Waals surface area contributed by atoms with Crippen LogP contribution in [-0.4, -0.2) is 0 Å². The summed E-state index contributed by atoms with van der Waals surface area (Å²) in [5, 5.41) is 0.820. The summed E-state index contributed by atoms with van der Waals surface area (Å²) in [4.78, 5) is 0. The number of rotatable bonds is 3. The van der Waals surface area contributed by atoms with Gasteiger partial charge in [0, 0.05) is 5.03 Å². The van der Waals surface area contributed by atoms with Crippen molar-refractivity contribution >= 4 is 16.6 Å². The molecule has 14 heavy (non-hydrogen) atoms. The number of allylic oxidation sites excluding steroid dienone is 1. The molecule has 0 atom stereocenters. The van der Waals surface area contributed by atoms with Crippen molar-refractivity contribution in [1.29, 1.82) is 0 Å². The molecule has 0 fully saturated rings. The molecule has 0 aliphatic carbocycles. The maximum absolute atomic E-state index is 6.01. The maximum atomic E-state index is 6.01. The Labute approximate surface area is 91.6 Å².